The summed E-state index contributed by atoms with van der Waals surface area (Å²) in [5, 5.41) is 5.14. The standard InChI is InChI=1S/C20H26ClFN8/c1-27(2)6-7-29-8-10-30(11-9-29)20-24-17(13-4-5-15(22)14(21)12-13)16-18(23)28(3)26-19(16)25-20/h4-5,12H,6-11,23H2,1-3H3. The van der Waals surface area contributed by atoms with Crippen LogP contribution < -0.4 is 10.6 Å². The smallest absolute Gasteiger partial charge is 0.228 e. The number of likely N-dealkylation sites (N-methyl/N-ethyl adjacent to an activating group) is 1. The lowest BCUT2D eigenvalue weighted by molar-refractivity contribution is 0.229. The fourth-order valence-corrected chi connectivity index (χ4v) is 3.79. The highest BCUT2D eigenvalue weighted by atomic mass is 35.5. The van der Waals surface area contributed by atoms with Gasteiger partial charge in [0.05, 0.1) is 16.1 Å². The number of hydrogen-bond acceptors (Lipinski definition) is 7. The quantitative estimate of drug-likeness (QED) is 0.661. The van der Waals surface area contributed by atoms with Gasteiger partial charge in [0.25, 0.3) is 0 Å². The lowest BCUT2D eigenvalue weighted by atomic mass is 10.1. The first kappa shape index (κ1) is 20.8. The molecule has 2 aromatic heterocycles. The van der Waals surface area contributed by atoms with Crippen LogP contribution in [0.25, 0.3) is 22.3 Å². The van der Waals surface area contributed by atoms with E-state index in [9.17, 15) is 4.39 Å². The Morgan fingerprint density at radius 1 is 1.17 bits per heavy atom. The third-order valence-corrected chi connectivity index (χ3v) is 5.73. The van der Waals surface area contributed by atoms with Crippen LogP contribution in [0, 0.1) is 5.82 Å². The van der Waals surface area contributed by atoms with Crippen LogP contribution in [0.2, 0.25) is 5.02 Å². The maximum atomic E-state index is 13.7. The van der Waals surface area contributed by atoms with Crippen molar-refractivity contribution >= 4 is 34.4 Å². The fourth-order valence-electron chi connectivity index (χ4n) is 3.61. The Labute approximate surface area is 180 Å². The van der Waals surface area contributed by atoms with Gasteiger partial charge in [-0.1, -0.05) is 11.6 Å². The number of fused-ring (bicyclic) bond motifs is 1. The van der Waals surface area contributed by atoms with Gasteiger partial charge in [-0.15, -0.1) is 0 Å². The third kappa shape index (κ3) is 4.05. The number of benzene rings is 1. The number of aryl methyl sites for hydroxylation is 1. The molecule has 8 nitrogen and oxygen atoms in total. The van der Waals surface area contributed by atoms with Crippen molar-refractivity contribution in [3.8, 4) is 11.3 Å². The summed E-state index contributed by atoms with van der Waals surface area (Å²) in [6, 6.07) is 4.55. The molecule has 0 saturated carbocycles. The van der Waals surface area contributed by atoms with Gasteiger partial charge in [-0.2, -0.15) is 10.1 Å². The summed E-state index contributed by atoms with van der Waals surface area (Å²) in [5.74, 6) is 0.586. The van der Waals surface area contributed by atoms with E-state index in [-0.39, 0.29) is 5.02 Å². The molecule has 0 aliphatic carbocycles. The first-order chi connectivity index (χ1) is 14.3. The van der Waals surface area contributed by atoms with Gasteiger partial charge in [0.1, 0.15) is 11.6 Å². The summed E-state index contributed by atoms with van der Waals surface area (Å²) in [6.07, 6.45) is 0. The van der Waals surface area contributed by atoms with E-state index in [1.807, 2.05) is 0 Å². The van der Waals surface area contributed by atoms with E-state index in [2.05, 4.69) is 38.9 Å². The van der Waals surface area contributed by atoms with Crippen LogP contribution in [0.15, 0.2) is 18.2 Å². The van der Waals surface area contributed by atoms with Crippen LogP contribution in [0.5, 0.6) is 0 Å². The molecule has 10 heteroatoms. The number of nitrogens with zero attached hydrogens (tertiary/aromatic N) is 7. The molecule has 0 atom stereocenters. The average molecular weight is 433 g/mol. The Kier molecular flexibility index (Phi) is 5.77. The van der Waals surface area contributed by atoms with Crippen molar-refractivity contribution < 1.29 is 4.39 Å². The zero-order valence-electron chi connectivity index (χ0n) is 17.4. The predicted octanol–water partition coefficient (Wildman–Crippen LogP) is 2.09. The van der Waals surface area contributed by atoms with E-state index in [4.69, 9.17) is 22.3 Å². The van der Waals surface area contributed by atoms with Gasteiger partial charge < -0.3 is 15.5 Å². The lowest BCUT2D eigenvalue weighted by Crippen LogP contribution is -2.48. The molecular weight excluding hydrogens is 407 g/mol. The van der Waals surface area contributed by atoms with Gasteiger partial charge in [-0.3, -0.25) is 9.58 Å². The minimum atomic E-state index is -0.473. The normalized spacial score (nSPS) is 15.5. The van der Waals surface area contributed by atoms with Crippen molar-refractivity contribution in [2.24, 2.45) is 7.05 Å². The molecule has 30 heavy (non-hydrogen) atoms. The van der Waals surface area contributed by atoms with Crippen LogP contribution in [0.4, 0.5) is 16.2 Å². The van der Waals surface area contributed by atoms with Crippen LogP contribution in [-0.4, -0.2) is 82.9 Å². The van der Waals surface area contributed by atoms with E-state index in [0.29, 0.717) is 34.1 Å². The molecule has 0 unspecified atom stereocenters. The minimum Gasteiger partial charge on any atom is -0.383 e. The van der Waals surface area contributed by atoms with Crippen molar-refractivity contribution in [1.29, 1.82) is 0 Å². The number of nitrogen functional groups attached to an aromatic ring is 1. The van der Waals surface area contributed by atoms with Crippen molar-refractivity contribution in [2.75, 3.05) is 64.0 Å². The second-order valence-corrected chi connectivity index (χ2v) is 8.25. The van der Waals surface area contributed by atoms with E-state index in [1.165, 1.54) is 6.07 Å². The molecule has 0 amide bonds. The Morgan fingerprint density at radius 2 is 1.90 bits per heavy atom. The van der Waals surface area contributed by atoms with Crippen molar-refractivity contribution in [1.82, 2.24) is 29.5 Å². The molecule has 3 aromatic rings. The second kappa shape index (κ2) is 8.33. The molecule has 1 aliphatic rings. The molecule has 160 valence electrons. The Balaban J connectivity index is 1.68. The molecule has 0 radical (unpaired) electrons. The summed E-state index contributed by atoms with van der Waals surface area (Å²) in [7, 11) is 5.93. The van der Waals surface area contributed by atoms with Crippen molar-refractivity contribution in [3.63, 3.8) is 0 Å². The third-order valence-electron chi connectivity index (χ3n) is 5.44. The van der Waals surface area contributed by atoms with Crippen LogP contribution >= 0.6 is 11.6 Å². The summed E-state index contributed by atoms with van der Waals surface area (Å²) in [4.78, 5) is 16.3. The van der Waals surface area contributed by atoms with Gasteiger partial charge >= 0.3 is 0 Å². The molecule has 1 aliphatic heterocycles. The first-order valence-electron chi connectivity index (χ1n) is 9.91. The highest BCUT2D eigenvalue weighted by molar-refractivity contribution is 6.31. The number of nitrogens with two attached hydrogens (primary N) is 1. The molecule has 0 bridgehead atoms. The van der Waals surface area contributed by atoms with E-state index in [1.54, 1.807) is 23.9 Å². The number of hydrogen-bond donors (Lipinski definition) is 1. The number of aromatic nitrogens is 4. The number of rotatable bonds is 5. The molecule has 0 spiro atoms. The summed E-state index contributed by atoms with van der Waals surface area (Å²) >= 11 is 6.03. The molecule has 1 aromatic carbocycles. The van der Waals surface area contributed by atoms with Gasteiger partial charge in [-0.05, 0) is 32.3 Å². The topological polar surface area (TPSA) is 79.3 Å². The molecule has 4 rings (SSSR count). The number of halogens is 2. The van der Waals surface area contributed by atoms with Gasteiger partial charge in [0.2, 0.25) is 5.95 Å². The van der Waals surface area contributed by atoms with E-state index >= 15 is 0 Å². The largest absolute Gasteiger partial charge is 0.383 e. The maximum absolute atomic E-state index is 13.7. The SMILES string of the molecule is CN(C)CCN1CCN(c2nc(-c3ccc(F)c(Cl)c3)c3c(N)n(C)nc3n2)CC1. The van der Waals surface area contributed by atoms with Gasteiger partial charge in [0.15, 0.2) is 5.65 Å². The Bertz CT molecular complexity index is 1060. The number of anilines is 2. The van der Waals surface area contributed by atoms with Crippen molar-refractivity contribution in [3.05, 3.63) is 29.0 Å². The van der Waals surface area contributed by atoms with Crippen LogP contribution in [0.1, 0.15) is 0 Å². The summed E-state index contributed by atoms with van der Waals surface area (Å²) < 4.78 is 15.3. The summed E-state index contributed by atoms with van der Waals surface area (Å²) in [6.45, 7) is 5.60. The summed E-state index contributed by atoms with van der Waals surface area (Å²) in [5.41, 5.74) is 8.05. The average Bonchev–Trinajstić information content (AvgIpc) is 3.02. The highest BCUT2D eigenvalue weighted by Gasteiger charge is 2.23. The van der Waals surface area contributed by atoms with E-state index in [0.717, 1.165) is 39.3 Å². The molecule has 1 saturated heterocycles. The second-order valence-electron chi connectivity index (χ2n) is 7.84. The highest BCUT2D eigenvalue weighted by Crippen LogP contribution is 2.33. The van der Waals surface area contributed by atoms with Crippen LogP contribution in [0.3, 0.4) is 0 Å². The Hall–Kier alpha value is -2.49. The van der Waals surface area contributed by atoms with Gasteiger partial charge in [-0.25, -0.2) is 9.37 Å². The van der Waals surface area contributed by atoms with Gasteiger partial charge in [0, 0.05) is 51.9 Å². The molecule has 1 fully saturated rings. The predicted molar refractivity (Wildman–Crippen MR) is 118 cm³/mol. The number of piperazine rings is 1. The molecule has 2 N–H and O–H groups in total. The minimum absolute atomic E-state index is 0.0396. The fraction of sp³-hybridized carbons (Fsp3) is 0.450. The monoisotopic (exact) mass is 432 g/mol. The lowest BCUT2D eigenvalue weighted by Gasteiger charge is -2.35. The van der Waals surface area contributed by atoms with E-state index < -0.39 is 5.82 Å². The van der Waals surface area contributed by atoms with Crippen molar-refractivity contribution in [2.45, 2.75) is 0 Å². The van der Waals surface area contributed by atoms with Crippen LogP contribution in [-0.2, 0) is 7.05 Å². The zero-order valence-corrected chi connectivity index (χ0v) is 18.2. The molecular formula is C20H26ClFN8. The Morgan fingerprint density at radius 3 is 2.57 bits per heavy atom. The maximum Gasteiger partial charge on any atom is 0.228 e. The molecule has 3 heterocycles. The first-order valence-corrected chi connectivity index (χ1v) is 10.3. The zero-order chi connectivity index (χ0) is 21.4.